The van der Waals surface area contributed by atoms with Gasteiger partial charge in [-0.15, -0.1) is 11.6 Å². The summed E-state index contributed by atoms with van der Waals surface area (Å²) in [6.45, 7) is 2.14. The Kier molecular flexibility index (Phi) is 6.97. The number of aliphatic hydroxyl groups is 1. The third-order valence-electron chi connectivity index (χ3n) is 2.44. The molecule has 88 valence electrons. The molecule has 1 saturated heterocycles. The van der Waals surface area contributed by atoms with Gasteiger partial charge in [0, 0.05) is 24.7 Å². The molecule has 0 amide bonds. The summed E-state index contributed by atoms with van der Waals surface area (Å²) in [4.78, 5) is 2.26. The maximum atomic E-state index is 9.33. The van der Waals surface area contributed by atoms with Crippen LogP contribution in [0.5, 0.6) is 0 Å². The van der Waals surface area contributed by atoms with Crippen molar-refractivity contribution in [3.05, 3.63) is 0 Å². The van der Waals surface area contributed by atoms with Gasteiger partial charge in [-0.3, -0.25) is 0 Å². The molecular weight excluding hydrogens is 250 g/mol. The highest BCUT2D eigenvalue weighted by molar-refractivity contribution is 8.22. The molecule has 0 spiro atoms. The number of alkyl halides is 1. The molecule has 1 heterocycles. The molecule has 1 fully saturated rings. The zero-order valence-corrected chi connectivity index (χ0v) is 11.2. The van der Waals surface area contributed by atoms with Crippen LogP contribution < -0.4 is 0 Å². The van der Waals surface area contributed by atoms with Crippen molar-refractivity contribution in [2.75, 3.05) is 24.7 Å². The Hall–Kier alpha value is 0.490. The maximum Gasteiger partial charge on any atom is 0.136 e. The zero-order chi connectivity index (χ0) is 11.1. The van der Waals surface area contributed by atoms with Crippen molar-refractivity contribution in [3.8, 4) is 0 Å². The van der Waals surface area contributed by atoms with Gasteiger partial charge >= 0.3 is 0 Å². The molecule has 1 aliphatic heterocycles. The number of nitrogens with zero attached hydrogens (tertiary/aromatic N) is 1. The topological polar surface area (TPSA) is 23.5 Å². The Bertz CT molecular complexity index is 196. The first-order valence-corrected chi connectivity index (χ1v) is 7.32. The predicted molar refractivity (Wildman–Crippen MR) is 71.8 cm³/mol. The monoisotopic (exact) mass is 267 g/mol. The van der Waals surface area contributed by atoms with Crippen molar-refractivity contribution in [3.63, 3.8) is 0 Å². The fourth-order valence-electron chi connectivity index (χ4n) is 1.56. The summed E-state index contributed by atoms with van der Waals surface area (Å²) in [7, 11) is 0. The van der Waals surface area contributed by atoms with E-state index in [1.165, 1.54) is 25.7 Å². The summed E-state index contributed by atoms with van der Waals surface area (Å²) in [6.07, 6.45) is 4.65. The second kappa shape index (κ2) is 7.71. The van der Waals surface area contributed by atoms with E-state index in [9.17, 15) is 5.11 Å². The van der Waals surface area contributed by atoms with E-state index in [1.807, 2.05) is 0 Å². The molecule has 0 radical (unpaired) electrons. The van der Waals surface area contributed by atoms with Crippen LogP contribution in [0.25, 0.3) is 0 Å². The average Bonchev–Trinajstić information content (AvgIpc) is 2.53. The Balaban J connectivity index is 2.25. The predicted octanol–water partition coefficient (Wildman–Crippen LogP) is 2.48. The number of rotatable bonds is 3. The van der Waals surface area contributed by atoms with E-state index < -0.39 is 6.10 Å². The second-order valence-electron chi connectivity index (χ2n) is 3.79. The fourth-order valence-corrected chi connectivity index (χ4v) is 3.00. The van der Waals surface area contributed by atoms with Crippen molar-refractivity contribution in [2.45, 2.75) is 31.8 Å². The molecule has 0 bridgehead atoms. The van der Waals surface area contributed by atoms with Gasteiger partial charge in [0.25, 0.3) is 0 Å². The number of thiocarbonyl (C=S) groups is 1. The maximum absolute atomic E-state index is 9.33. The van der Waals surface area contributed by atoms with Gasteiger partial charge in [-0.2, -0.15) is 0 Å². The van der Waals surface area contributed by atoms with Gasteiger partial charge in [0.1, 0.15) is 4.32 Å². The molecule has 0 saturated carbocycles. The Morgan fingerprint density at radius 2 is 1.93 bits per heavy atom. The number of likely N-dealkylation sites (tertiary alicyclic amines) is 1. The molecule has 1 N–H and O–H groups in total. The Labute approximate surface area is 106 Å². The highest BCUT2D eigenvalue weighted by Gasteiger charge is 2.13. The van der Waals surface area contributed by atoms with E-state index in [4.69, 9.17) is 23.8 Å². The standard InChI is InChI=1S/C10H18ClNOS2/c11-7-9(13)8-15-10(14)12-5-3-1-2-4-6-12/h9,13H,1-8H2. The van der Waals surface area contributed by atoms with Crippen molar-refractivity contribution in [1.29, 1.82) is 0 Å². The Morgan fingerprint density at radius 1 is 1.33 bits per heavy atom. The van der Waals surface area contributed by atoms with E-state index >= 15 is 0 Å². The first kappa shape index (κ1) is 13.6. The van der Waals surface area contributed by atoms with Crippen LogP contribution in [-0.2, 0) is 0 Å². The lowest BCUT2D eigenvalue weighted by Gasteiger charge is -2.22. The van der Waals surface area contributed by atoms with Crippen molar-refractivity contribution in [2.24, 2.45) is 0 Å². The molecule has 1 aliphatic rings. The van der Waals surface area contributed by atoms with E-state index in [0.29, 0.717) is 5.75 Å². The number of hydrogen-bond acceptors (Lipinski definition) is 3. The average molecular weight is 268 g/mol. The third-order valence-corrected chi connectivity index (χ3v) is 4.47. The van der Waals surface area contributed by atoms with Crippen LogP contribution in [0.2, 0.25) is 0 Å². The molecule has 15 heavy (non-hydrogen) atoms. The summed E-state index contributed by atoms with van der Waals surface area (Å²) in [5.74, 6) is 0.897. The van der Waals surface area contributed by atoms with Crippen molar-refractivity contribution >= 4 is 39.9 Å². The summed E-state index contributed by atoms with van der Waals surface area (Å²) in [5, 5.41) is 9.33. The molecule has 0 aromatic heterocycles. The van der Waals surface area contributed by atoms with Crippen LogP contribution in [-0.4, -0.2) is 45.2 Å². The summed E-state index contributed by atoms with van der Waals surface area (Å²) in [5.41, 5.74) is 0. The minimum Gasteiger partial charge on any atom is -0.391 e. The molecule has 0 aromatic carbocycles. The van der Waals surface area contributed by atoms with Crippen molar-refractivity contribution < 1.29 is 5.11 Å². The molecular formula is C10H18ClNOS2. The number of thioether (sulfide) groups is 1. The minimum absolute atomic E-state index is 0.287. The van der Waals surface area contributed by atoms with E-state index in [1.54, 1.807) is 11.8 Å². The molecule has 1 unspecified atom stereocenters. The molecule has 1 rings (SSSR count). The van der Waals surface area contributed by atoms with Crippen LogP contribution in [0.15, 0.2) is 0 Å². The van der Waals surface area contributed by atoms with E-state index in [-0.39, 0.29) is 5.88 Å². The van der Waals surface area contributed by atoms with Gasteiger partial charge in [-0.25, -0.2) is 0 Å². The first-order chi connectivity index (χ1) is 7.24. The molecule has 0 aliphatic carbocycles. The van der Waals surface area contributed by atoms with Crippen molar-refractivity contribution in [1.82, 2.24) is 4.90 Å². The third kappa shape index (κ3) is 5.38. The number of halogens is 1. The van der Waals surface area contributed by atoms with E-state index in [2.05, 4.69) is 4.90 Å². The van der Waals surface area contributed by atoms with Gasteiger partial charge < -0.3 is 10.0 Å². The highest BCUT2D eigenvalue weighted by Crippen LogP contribution is 2.16. The molecule has 2 nitrogen and oxygen atoms in total. The normalized spacial score (nSPS) is 19.7. The molecule has 5 heteroatoms. The zero-order valence-electron chi connectivity index (χ0n) is 8.82. The van der Waals surface area contributed by atoms with Gasteiger partial charge in [0.05, 0.1) is 6.10 Å². The SMILES string of the molecule is OC(CCl)CSC(=S)N1CCCCCC1. The first-order valence-electron chi connectivity index (χ1n) is 5.39. The highest BCUT2D eigenvalue weighted by atomic mass is 35.5. The Morgan fingerprint density at radius 3 is 2.47 bits per heavy atom. The minimum atomic E-state index is -0.443. The lowest BCUT2D eigenvalue weighted by molar-refractivity contribution is 0.224. The lowest BCUT2D eigenvalue weighted by atomic mass is 10.2. The summed E-state index contributed by atoms with van der Waals surface area (Å²) >= 11 is 12.4. The van der Waals surface area contributed by atoms with Crippen LogP contribution in [0.3, 0.4) is 0 Å². The molecule has 1 atom stereocenters. The van der Waals surface area contributed by atoms with Crippen LogP contribution in [0.4, 0.5) is 0 Å². The van der Waals surface area contributed by atoms with Crippen LogP contribution >= 0.6 is 35.6 Å². The smallest absolute Gasteiger partial charge is 0.136 e. The number of hydrogen-bond donors (Lipinski definition) is 1. The van der Waals surface area contributed by atoms with Crippen LogP contribution in [0.1, 0.15) is 25.7 Å². The lowest BCUT2D eigenvalue weighted by Crippen LogP contribution is -2.29. The quantitative estimate of drug-likeness (QED) is 0.627. The summed E-state index contributed by atoms with van der Waals surface area (Å²) < 4.78 is 0.918. The van der Waals surface area contributed by atoms with Gasteiger partial charge in [-0.05, 0) is 12.8 Å². The van der Waals surface area contributed by atoms with Gasteiger partial charge in [0.2, 0.25) is 0 Å². The van der Waals surface area contributed by atoms with Gasteiger partial charge in [0.15, 0.2) is 0 Å². The fraction of sp³-hybridized carbons (Fsp3) is 0.900. The largest absolute Gasteiger partial charge is 0.391 e. The number of aliphatic hydroxyl groups excluding tert-OH is 1. The van der Waals surface area contributed by atoms with Gasteiger partial charge in [-0.1, -0.05) is 36.8 Å². The molecule has 0 aromatic rings. The summed E-state index contributed by atoms with van der Waals surface area (Å²) in [6, 6.07) is 0. The van der Waals surface area contributed by atoms with Crippen LogP contribution in [0, 0.1) is 0 Å². The second-order valence-corrected chi connectivity index (χ2v) is 5.75. The van der Waals surface area contributed by atoms with E-state index in [0.717, 1.165) is 17.4 Å².